The largest absolute Gasteiger partial charge is 0.484 e. The van der Waals surface area contributed by atoms with Gasteiger partial charge in [0.15, 0.2) is 5.75 Å². The summed E-state index contributed by atoms with van der Waals surface area (Å²) in [7, 11) is 0. The number of nitrogen functional groups attached to an aromatic ring is 1. The third-order valence-electron chi connectivity index (χ3n) is 2.17. The van der Waals surface area contributed by atoms with Crippen molar-refractivity contribution in [1.29, 1.82) is 0 Å². The molecule has 7 nitrogen and oxygen atoms in total. The highest BCUT2D eigenvalue weighted by Crippen LogP contribution is 2.33. The number of nitrogens with two attached hydrogens (primary N) is 1. The van der Waals surface area contributed by atoms with Crippen LogP contribution < -0.4 is 16.0 Å². The van der Waals surface area contributed by atoms with Crippen molar-refractivity contribution in [1.82, 2.24) is 0 Å². The zero-order valence-electron chi connectivity index (χ0n) is 10.2. The lowest BCUT2D eigenvalue weighted by atomic mass is 10.2. The zero-order chi connectivity index (χ0) is 13.4. The van der Waals surface area contributed by atoms with Crippen LogP contribution in [0.4, 0.5) is 11.4 Å². The number of hydrogen-bond donors (Lipinski definition) is 2. The molecule has 0 heterocycles. The SMILES string of the molecule is CCCOCCOc1cccc(NN)c1[N+](=O)[O-]. The summed E-state index contributed by atoms with van der Waals surface area (Å²) in [4.78, 5) is 10.4. The average Bonchev–Trinajstić information content (AvgIpc) is 2.37. The van der Waals surface area contributed by atoms with Gasteiger partial charge in [0, 0.05) is 6.61 Å². The highest BCUT2D eigenvalue weighted by molar-refractivity contribution is 5.67. The normalized spacial score (nSPS) is 10.1. The Balaban J connectivity index is 2.67. The standard InChI is InChI=1S/C11H17N3O4/c1-2-6-17-7-8-18-10-5-3-4-9(13-12)11(10)14(15)16/h3-5,13H,2,6-8,12H2,1H3. The Kier molecular flexibility index (Phi) is 5.89. The maximum Gasteiger partial charge on any atom is 0.335 e. The van der Waals surface area contributed by atoms with Crippen molar-refractivity contribution in [2.75, 3.05) is 25.2 Å². The summed E-state index contributed by atoms with van der Waals surface area (Å²) in [6, 6.07) is 4.67. The van der Waals surface area contributed by atoms with E-state index >= 15 is 0 Å². The number of nitrogens with zero attached hydrogens (tertiary/aromatic N) is 1. The highest BCUT2D eigenvalue weighted by atomic mass is 16.6. The smallest absolute Gasteiger partial charge is 0.335 e. The van der Waals surface area contributed by atoms with Gasteiger partial charge in [-0.2, -0.15) is 0 Å². The molecule has 0 spiro atoms. The Hall–Kier alpha value is -1.86. The summed E-state index contributed by atoms with van der Waals surface area (Å²) in [5.74, 6) is 5.39. The van der Waals surface area contributed by atoms with Gasteiger partial charge >= 0.3 is 5.69 Å². The van der Waals surface area contributed by atoms with Gasteiger partial charge in [0.05, 0.1) is 11.5 Å². The van der Waals surface area contributed by atoms with Crippen molar-refractivity contribution in [3.63, 3.8) is 0 Å². The van der Waals surface area contributed by atoms with Crippen molar-refractivity contribution in [2.24, 2.45) is 5.84 Å². The summed E-state index contributed by atoms with van der Waals surface area (Å²) < 4.78 is 10.6. The van der Waals surface area contributed by atoms with Crippen LogP contribution >= 0.6 is 0 Å². The molecule has 1 rings (SSSR count). The lowest BCUT2D eigenvalue weighted by molar-refractivity contribution is -0.385. The highest BCUT2D eigenvalue weighted by Gasteiger charge is 2.20. The molecule has 0 radical (unpaired) electrons. The average molecular weight is 255 g/mol. The number of hydrazine groups is 1. The molecular formula is C11H17N3O4. The summed E-state index contributed by atoms with van der Waals surface area (Å²) in [6.07, 6.45) is 0.923. The number of ether oxygens (including phenoxy) is 2. The van der Waals surface area contributed by atoms with Crippen LogP contribution in [0, 0.1) is 10.1 Å². The van der Waals surface area contributed by atoms with Crippen molar-refractivity contribution < 1.29 is 14.4 Å². The molecule has 0 saturated carbocycles. The number of nitro groups is 1. The van der Waals surface area contributed by atoms with E-state index in [2.05, 4.69) is 5.43 Å². The summed E-state index contributed by atoms with van der Waals surface area (Å²) in [5.41, 5.74) is 2.32. The van der Waals surface area contributed by atoms with E-state index in [1.54, 1.807) is 6.07 Å². The second kappa shape index (κ2) is 7.46. The van der Waals surface area contributed by atoms with Gasteiger partial charge in [0.1, 0.15) is 12.3 Å². The molecule has 1 aromatic carbocycles. The van der Waals surface area contributed by atoms with Gasteiger partial charge in [-0.15, -0.1) is 0 Å². The van der Waals surface area contributed by atoms with Crippen molar-refractivity contribution in [3.8, 4) is 5.75 Å². The van der Waals surface area contributed by atoms with Gasteiger partial charge < -0.3 is 14.9 Å². The van der Waals surface area contributed by atoms with Gasteiger partial charge in [-0.25, -0.2) is 0 Å². The lowest BCUT2D eigenvalue weighted by Crippen LogP contribution is -2.11. The second-order valence-corrected chi connectivity index (χ2v) is 3.51. The summed E-state index contributed by atoms with van der Waals surface area (Å²) >= 11 is 0. The van der Waals surface area contributed by atoms with E-state index in [0.29, 0.717) is 13.2 Å². The first-order valence-electron chi connectivity index (χ1n) is 5.65. The van der Waals surface area contributed by atoms with E-state index in [9.17, 15) is 10.1 Å². The molecule has 18 heavy (non-hydrogen) atoms. The third kappa shape index (κ3) is 3.86. The molecule has 0 aliphatic rings. The van der Waals surface area contributed by atoms with Crippen molar-refractivity contribution in [3.05, 3.63) is 28.3 Å². The molecule has 0 aliphatic carbocycles. The molecule has 0 unspecified atom stereocenters. The number of hydrogen-bond acceptors (Lipinski definition) is 6. The van der Waals surface area contributed by atoms with E-state index in [-0.39, 0.29) is 23.7 Å². The fourth-order valence-electron chi connectivity index (χ4n) is 1.40. The Morgan fingerprint density at radius 3 is 2.78 bits per heavy atom. The van der Waals surface area contributed by atoms with E-state index in [1.807, 2.05) is 6.92 Å². The Morgan fingerprint density at radius 2 is 2.17 bits per heavy atom. The quantitative estimate of drug-likeness (QED) is 0.317. The number of nitro benzene ring substituents is 1. The van der Waals surface area contributed by atoms with Crippen LogP contribution in [0.2, 0.25) is 0 Å². The van der Waals surface area contributed by atoms with Gasteiger partial charge in [-0.1, -0.05) is 13.0 Å². The molecule has 0 saturated heterocycles. The molecule has 7 heteroatoms. The number of rotatable bonds is 8. The molecular weight excluding hydrogens is 238 g/mol. The van der Waals surface area contributed by atoms with E-state index in [4.69, 9.17) is 15.3 Å². The predicted molar refractivity (Wildman–Crippen MR) is 67.5 cm³/mol. The minimum absolute atomic E-state index is 0.171. The Labute approximate surface area is 105 Å². The van der Waals surface area contributed by atoms with Gasteiger partial charge in [0.25, 0.3) is 0 Å². The van der Waals surface area contributed by atoms with Gasteiger partial charge in [-0.05, 0) is 18.6 Å². The van der Waals surface area contributed by atoms with Crippen molar-refractivity contribution in [2.45, 2.75) is 13.3 Å². The van der Waals surface area contributed by atoms with Crippen LogP contribution in [0.15, 0.2) is 18.2 Å². The summed E-state index contributed by atoms with van der Waals surface area (Å²) in [6.45, 7) is 3.30. The summed E-state index contributed by atoms with van der Waals surface area (Å²) in [5, 5.41) is 10.9. The van der Waals surface area contributed by atoms with E-state index < -0.39 is 4.92 Å². The predicted octanol–water partition coefficient (Wildman–Crippen LogP) is 1.69. The van der Waals surface area contributed by atoms with Crippen molar-refractivity contribution >= 4 is 11.4 Å². The minimum atomic E-state index is -0.530. The molecule has 3 N–H and O–H groups in total. The maximum absolute atomic E-state index is 10.9. The van der Waals surface area contributed by atoms with Crippen LogP contribution in [0.1, 0.15) is 13.3 Å². The molecule has 0 aromatic heterocycles. The molecule has 0 fully saturated rings. The van der Waals surface area contributed by atoms with Crippen LogP contribution in [0.3, 0.4) is 0 Å². The van der Waals surface area contributed by atoms with Gasteiger partial charge in [-0.3, -0.25) is 16.0 Å². The molecule has 100 valence electrons. The maximum atomic E-state index is 10.9. The molecule has 0 atom stereocenters. The minimum Gasteiger partial charge on any atom is -0.484 e. The second-order valence-electron chi connectivity index (χ2n) is 3.51. The zero-order valence-corrected chi connectivity index (χ0v) is 10.2. The first kappa shape index (κ1) is 14.2. The van der Waals surface area contributed by atoms with E-state index in [1.165, 1.54) is 12.1 Å². The number of nitrogens with one attached hydrogen (secondary N) is 1. The first-order chi connectivity index (χ1) is 8.70. The molecule has 1 aromatic rings. The van der Waals surface area contributed by atoms with Gasteiger partial charge in [0.2, 0.25) is 0 Å². The Morgan fingerprint density at radius 1 is 1.39 bits per heavy atom. The van der Waals surface area contributed by atoms with Crippen LogP contribution in [-0.4, -0.2) is 24.7 Å². The number of benzene rings is 1. The van der Waals surface area contributed by atoms with Crippen LogP contribution in [0.5, 0.6) is 5.75 Å². The van der Waals surface area contributed by atoms with E-state index in [0.717, 1.165) is 6.42 Å². The molecule has 0 bridgehead atoms. The topological polar surface area (TPSA) is 99.7 Å². The molecule has 0 aliphatic heterocycles. The fraction of sp³-hybridized carbons (Fsp3) is 0.455. The lowest BCUT2D eigenvalue weighted by Gasteiger charge is -2.09. The van der Waals surface area contributed by atoms with Crippen LogP contribution in [-0.2, 0) is 4.74 Å². The Bertz CT molecular complexity index is 398. The number of para-hydroxylation sites is 1. The molecule has 0 amide bonds. The third-order valence-corrected chi connectivity index (χ3v) is 2.17. The number of anilines is 1. The fourth-order valence-corrected chi connectivity index (χ4v) is 1.40. The van der Waals surface area contributed by atoms with Crippen LogP contribution in [0.25, 0.3) is 0 Å². The first-order valence-corrected chi connectivity index (χ1v) is 5.65. The monoisotopic (exact) mass is 255 g/mol.